The van der Waals surface area contributed by atoms with E-state index in [1.807, 2.05) is 35.1 Å². The Hall–Kier alpha value is -6.20. The molecule has 0 bridgehead atoms. The zero-order valence-electron chi connectivity index (χ0n) is 24.5. The second-order valence-electron chi connectivity index (χ2n) is 11.4. The van der Waals surface area contributed by atoms with Crippen molar-refractivity contribution < 1.29 is 19.2 Å². The maximum atomic E-state index is 14.0. The molecule has 2 aliphatic heterocycles. The van der Waals surface area contributed by atoms with Gasteiger partial charge in [-0.15, -0.1) is 0 Å². The second-order valence-corrected chi connectivity index (χ2v) is 13.1. The molecule has 4 amide bonds. The van der Waals surface area contributed by atoms with Crippen molar-refractivity contribution in [2.75, 3.05) is 9.80 Å². The minimum absolute atomic E-state index is 0.382. The first-order valence-electron chi connectivity index (χ1n) is 14.7. The Morgan fingerprint density at radius 2 is 0.771 bits per heavy atom. The first-order chi connectivity index (χ1) is 23.4. The molecule has 8 nitrogen and oxygen atoms in total. The largest absolute Gasteiger partial charge is 0.268 e. The lowest BCUT2D eigenvalue weighted by atomic mass is 9.82. The van der Waals surface area contributed by atoms with Crippen LogP contribution in [-0.2, 0) is 0 Å². The fourth-order valence-electron chi connectivity index (χ4n) is 7.21. The van der Waals surface area contributed by atoms with E-state index in [-0.39, 0.29) is 0 Å². The van der Waals surface area contributed by atoms with E-state index in [4.69, 9.17) is 10.5 Å². The third-order valence-electron chi connectivity index (χ3n) is 9.11. The number of thioether (sulfide) groups is 2. The number of anilines is 2. The number of amides is 4. The van der Waals surface area contributed by atoms with Crippen LogP contribution in [0.15, 0.2) is 107 Å². The van der Waals surface area contributed by atoms with Crippen molar-refractivity contribution in [3.05, 3.63) is 119 Å². The average Bonchev–Trinajstić information content (AvgIpc) is 3.10. The Bertz CT molecular complexity index is 2450. The SMILES string of the molecule is N#CSc1cccc(N2C(=O)c3ccc4c5ccc6c7c(ccc(c8ccc(c3c48)C2=O)c75)C(=O)N(c2cccc(SC#N)c2)C6=O)c1. The number of fused-ring (bicyclic) bond motifs is 2. The zero-order valence-corrected chi connectivity index (χ0v) is 26.1. The van der Waals surface area contributed by atoms with Gasteiger partial charge in [-0.3, -0.25) is 19.2 Å². The van der Waals surface area contributed by atoms with Crippen LogP contribution in [0.25, 0.3) is 43.1 Å². The maximum absolute atomic E-state index is 14.0. The Morgan fingerprint density at radius 1 is 0.438 bits per heavy atom. The van der Waals surface area contributed by atoms with Crippen molar-refractivity contribution in [1.29, 1.82) is 10.5 Å². The predicted octanol–water partition coefficient (Wildman–Crippen LogP) is 8.48. The normalized spacial score (nSPS) is 14.0. The molecular formula is C38H16N4O4S2. The van der Waals surface area contributed by atoms with Gasteiger partial charge in [0.25, 0.3) is 23.6 Å². The third kappa shape index (κ3) is 3.67. The lowest BCUT2D eigenvalue weighted by molar-refractivity contribution is 0.0877. The van der Waals surface area contributed by atoms with Gasteiger partial charge < -0.3 is 0 Å². The van der Waals surface area contributed by atoms with E-state index in [9.17, 15) is 19.2 Å². The van der Waals surface area contributed by atoms with Crippen LogP contribution >= 0.6 is 23.5 Å². The van der Waals surface area contributed by atoms with Gasteiger partial charge in [0.1, 0.15) is 10.8 Å². The summed E-state index contributed by atoms with van der Waals surface area (Å²) in [5.74, 6) is -1.83. The number of carbonyl (C=O) groups excluding carboxylic acids is 4. The number of hydrogen-bond acceptors (Lipinski definition) is 8. The van der Waals surface area contributed by atoms with Gasteiger partial charge in [-0.2, -0.15) is 10.5 Å². The highest BCUT2D eigenvalue weighted by molar-refractivity contribution is 8.04. The molecule has 0 unspecified atom stereocenters. The van der Waals surface area contributed by atoms with Crippen LogP contribution in [0, 0.1) is 21.3 Å². The topological polar surface area (TPSA) is 122 Å². The minimum atomic E-state index is -0.458. The molecule has 0 atom stereocenters. The standard InChI is InChI=1S/C38H16N4O4S2/c39-17-47-21-5-1-3-19(15-21)41-35(43)27-11-7-23-25-9-13-29-34-30(38(46)42(37(29)45)20-4-2-6-22(16-20)48-18-40)14-10-26(32(25)34)24-8-12-28(36(41)44)33(27)31(23)24/h1-16H. The second kappa shape index (κ2) is 10.1. The number of rotatable bonds is 4. The van der Waals surface area contributed by atoms with Crippen LogP contribution in [0.3, 0.4) is 0 Å². The molecule has 0 saturated carbocycles. The molecular weight excluding hydrogens is 641 g/mol. The van der Waals surface area contributed by atoms with E-state index >= 15 is 0 Å². The third-order valence-corrected chi connectivity index (χ3v) is 10.3. The summed E-state index contributed by atoms with van der Waals surface area (Å²) in [6, 6.07) is 27.9. The zero-order chi connectivity index (χ0) is 32.8. The van der Waals surface area contributed by atoms with Crippen LogP contribution in [0.5, 0.6) is 0 Å². The molecule has 0 N–H and O–H groups in total. The monoisotopic (exact) mass is 656 g/mol. The molecule has 224 valence electrons. The summed E-state index contributed by atoms with van der Waals surface area (Å²) in [6.45, 7) is 0. The predicted molar refractivity (Wildman–Crippen MR) is 186 cm³/mol. The molecule has 0 aliphatic carbocycles. The van der Waals surface area contributed by atoms with Gasteiger partial charge in [0.05, 0.1) is 11.4 Å². The number of carbonyl (C=O) groups is 4. The van der Waals surface area contributed by atoms with Crippen LogP contribution < -0.4 is 9.80 Å². The fourth-order valence-corrected chi connectivity index (χ4v) is 8.08. The molecule has 0 radical (unpaired) electrons. The van der Waals surface area contributed by atoms with Crippen molar-refractivity contribution in [3.63, 3.8) is 0 Å². The summed E-state index contributed by atoms with van der Waals surface area (Å²) in [7, 11) is 0. The summed E-state index contributed by atoms with van der Waals surface area (Å²) >= 11 is 1.90. The molecule has 0 spiro atoms. The van der Waals surface area contributed by atoms with Crippen molar-refractivity contribution in [1.82, 2.24) is 0 Å². The van der Waals surface area contributed by atoms with Crippen LogP contribution in [0.2, 0.25) is 0 Å². The molecule has 7 aromatic carbocycles. The van der Waals surface area contributed by atoms with Crippen molar-refractivity contribution in [2.45, 2.75) is 9.79 Å². The Kier molecular flexibility index (Phi) is 5.93. The van der Waals surface area contributed by atoms with Crippen LogP contribution in [0.1, 0.15) is 41.4 Å². The van der Waals surface area contributed by atoms with Gasteiger partial charge in [0, 0.05) is 42.8 Å². The average molecular weight is 657 g/mol. The van der Waals surface area contributed by atoms with E-state index in [1.54, 1.807) is 72.8 Å². The smallest absolute Gasteiger partial charge is 0.265 e. The van der Waals surface area contributed by atoms with Gasteiger partial charge in [-0.05, 0) is 117 Å². The Balaban J connectivity index is 1.26. The molecule has 2 aliphatic rings. The molecule has 7 aromatic rings. The molecule has 10 heteroatoms. The summed E-state index contributed by atoms with van der Waals surface area (Å²) in [6.07, 6.45) is 0. The van der Waals surface area contributed by atoms with E-state index in [0.717, 1.165) is 65.6 Å². The van der Waals surface area contributed by atoms with Gasteiger partial charge in [0.15, 0.2) is 0 Å². The Labute approximate surface area is 280 Å². The van der Waals surface area contributed by atoms with Crippen LogP contribution in [0.4, 0.5) is 11.4 Å². The Morgan fingerprint density at radius 3 is 1.08 bits per heavy atom. The minimum Gasteiger partial charge on any atom is -0.268 e. The van der Waals surface area contributed by atoms with Gasteiger partial charge in [-0.1, -0.05) is 36.4 Å². The number of imide groups is 2. The van der Waals surface area contributed by atoms with Gasteiger partial charge >= 0.3 is 0 Å². The summed E-state index contributed by atoms with van der Waals surface area (Å²) in [5, 5.41) is 28.2. The van der Waals surface area contributed by atoms with Crippen molar-refractivity contribution >= 4 is 102 Å². The van der Waals surface area contributed by atoms with E-state index in [2.05, 4.69) is 0 Å². The molecule has 0 aromatic heterocycles. The molecule has 48 heavy (non-hydrogen) atoms. The van der Waals surface area contributed by atoms with Gasteiger partial charge in [0.2, 0.25) is 0 Å². The first-order valence-corrected chi connectivity index (χ1v) is 16.3. The lowest BCUT2D eigenvalue weighted by Crippen LogP contribution is -2.40. The van der Waals surface area contributed by atoms with E-state index < -0.39 is 23.6 Å². The van der Waals surface area contributed by atoms with E-state index in [1.165, 1.54) is 0 Å². The van der Waals surface area contributed by atoms with Crippen LogP contribution in [-0.4, -0.2) is 23.6 Å². The number of hydrogen-bond donors (Lipinski definition) is 0. The first kappa shape index (κ1) is 28.1. The van der Waals surface area contributed by atoms with Gasteiger partial charge in [-0.25, -0.2) is 9.80 Å². The number of benzene rings is 7. The van der Waals surface area contributed by atoms with Crippen molar-refractivity contribution in [3.8, 4) is 10.8 Å². The highest BCUT2D eigenvalue weighted by Crippen LogP contribution is 2.47. The number of nitrogens with zero attached hydrogens (tertiary/aromatic N) is 4. The van der Waals surface area contributed by atoms with Crippen molar-refractivity contribution in [2.24, 2.45) is 0 Å². The molecule has 0 fully saturated rings. The summed E-state index contributed by atoms with van der Waals surface area (Å²) < 4.78 is 0. The molecule has 2 heterocycles. The fraction of sp³-hybridized carbons (Fsp3) is 0. The molecule has 0 saturated heterocycles. The number of nitriles is 2. The number of thiocyanates is 2. The lowest BCUT2D eigenvalue weighted by Gasteiger charge is -2.30. The summed E-state index contributed by atoms with van der Waals surface area (Å²) in [5.41, 5.74) is 2.30. The van der Waals surface area contributed by atoms with E-state index in [0.29, 0.717) is 54.2 Å². The maximum Gasteiger partial charge on any atom is 0.265 e. The summed E-state index contributed by atoms with van der Waals surface area (Å²) in [4.78, 5) is 59.5. The highest BCUT2D eigenvalue weighted by atomic mass is 32.2. The molecule has 9 rings (SSSR count). The highest BCUT2D eigenvalue weighted by Gasteiger charge is 2.38. The quantitative estimate of drug-likeness (QED) is 0.0608.